The van der Waals surface area contributed by atoms with E-state index in [1.54, 1.807) is 11.1 Å². The Morgan fingerprint density at radius 2 is 1.87 bits per heavy atom. The SMILES string of the molecule is CCNC(=O)CN(CC)C(=O)c1cc(-c2ccc(C)cc2)nc2c1cnn2C(C)C. The van der Waals surface area contributed by atoms with Crippen LogP contribution in [-0.2, 0) is 4.79 Å². The minimum Gasteiger partial charge on any atom is -0.355 e. The Bertz CT molecular complexity index is 1050. The number of carbonyl (C=O) groups excluding carboxylic acids is 2. The molecular weight excluding hydrogens is 378 g/mol. The van der Waals surface area contributed by atoms with E-state index in [4.69, 9.17) is 4.98 Å². The fraction of sp³-hybridized carbons (Fsp3) is 0.391. The van der Waals surface area contributed by atoms with Crippen molar-refractivity contribution in [3.63, 3.8) is 0 Å². The molecule has 1 aromatic carbocycles. The molecule has 7 nitrogen and oxygen atoms in total. The maximum Gasteiger partial charge on any atom is 0.255 e. The zero-order valence-corrected chi connectivity index (χ0v) is 18.3. The molecule has 0 saturated heterocycles. The van der Waals surface area contributed by atoms with Gasteiger partial charge in [-0.25, -0.2) is 9.67 Å². The van der Waals surface area contributed by atoms with Crippen molar-refractivity contribution in [2.24, 2.45) is 0 Å². The molecule has 2 heterocycles. The van der Waals surface area contributed by atoms with E-state index in [1.807, 2.05) is 69.6 Å². The molecule has 0 aliphatic carbocycles. The van der Waals surface area contributed by atoms with E-state index in [-0.39, 0.29) is 24.4 Å². The summed E-state index contributed by atoms with van der Waals surface area (Å²) < 4.78 is 1.82. The molecule has 0 bridgehead atoms. The molecule has 3 aromatic rings. The van der Waals surface area contributed by atoms with Crippen LogP contribution < -0.4 is 5.32 Å². The lowest BCUT2D eigenvalue weighted by Gasteiger charge is -2.21. The van der Waals surface area contributed by atoms with E-state index in [2.05, 4.69) is 10.4 Å². The number of amides is 2. The molecule has 0 saturated carbocycles. The quantitative estimate of drug-likeness (QED) is 0.649. The monoisotopic (exact) mass is 407 g/mol. The molecule has 158 valence electrons. The molecule has 1 N–H and O–H groups in total. The van der Waals surface area contributed by atoms with Crippen molar-refractivity contribution in [1.82, 2.24) is 25.0 Å². The number of hydrogen-bond acceptors (Lipinski definition) is 4. The number of pyridine rings is 1. The standard InChI is InChI=1S/C23H29N5O2/c1-6-24-21(29)14-27(7-2)23(30)18-12-20(17-10-8-16(5)9-11-17)26-22-19(18)13-25-28(22)15(3)4/h8-13,15H,6-7,14H2,1-5H3,(H,24,29). The molecule has 3 rings (SSSR count). The third kappa shape index (κ3) is 4.35. The molecule has 0 unspecified atom stereocenters. The molecule has 30 heavy (non-hydrogen) atoms. The lowest BCUT2D eigenvalue weighted by molar-refractivity contribution is -0.121. The number of carbonyl (C=O) groups is 2. The first-order valence-corrected chi connectivity index (χ1v) is 10.4. The number of aromatic nitrogens is 3. The van der Waals surface area contributed by atoms with Gasteiger partial charge >= 0.3 is 0 Å². The zero-order chi connectivity index (χ0) is 21.8. The van der Waals surface area contributed by atoms with Crippen LogP contribution in [0.3, 0.4) is 0 Å². The molecule has 0 fully saturated rings. The summed E-state index contributed by atoms with van der Waals surface area (Å²) in [6.45, 7) is 10.8. The number of aryl methyl sites for hydroxylation is 1. The van der Waals surface area contributed by atoms with E-state index in [0.29, 0.717) is 35.4 Å². The summed E-state index contributed by atoms with van der Waals surface area (Å²) in [4.78, 5) is 31.9. The highest BCUT2D eigenvalue weighted by Gasteiger charge is 2.23. The van der Waals surface area contributed by atoms with Crippen LogP contribution in [0.2, 0.25) is 0 Å². The van der Waals surface area contributed by atoms with Gasteiger partial charge in [0, 0.05) is 24.7 Å². The van der Waals surface area contributed by atoms with Crippen molar-refractivity contribution >= 4 is 22.8 Å². The van der Waals surface area contributed by atoms with Crippen molar-refractivity contribution in [3.05, 3.63) is 47.7 Å². The van der Waals surface area contributed by atoms with Crippen LogP contribution in [0.15, 0.2) is 36.5 Å². The first-order valence-electron chi connectivity index (χ1n) is 10.4. The molecule has 0 aliphatic rings. The summed E-state index contributed by atoms with van der Waals surface area (Å²) in [5.74, 6) is -0.373. The smallest absolute Gasteiger partial charge is 0.255 e. The highest BCUT2D eigenvalue weighted by atomic mass is 16.2. The van der Waals surface area contributed by atoms with Gasteiger partial charge in [-0.15, -0.1) is 0 Å². The van der Waals surface area contributed by atoms with Crippen LogP contribution in [0.1, 0.15) is 49.7 Å². The second-order valence-corrected chi connectivity index (χ2v) is 7.61. The van der Waals surface area contributed by atoms with Gasteiger partial charge in [0.15, 0.2) is 5.65 Å². The fourth-order valence-electron chi connectivity index (χ4n) is 3.37. The first-order chi connectivity index (χ1) is 14.3. The molecule has 2 aromatic heterocycles. The topological polar surface area (TPSA) is 80.1 Å². The summed E-state index contributed by atoms with van der Waals surface area (Å²) in [6, 6.07) is 9.96. The van der Waals surface area contributed by atoms with Gasteiger partial charge in [0.05, 0.1) is 29.4 Å². The molecule has 7 heteroatoms. The van der Waals surface area contributed by atoms with Gasteiger partial charge in [-0.1, -0.05) is 29.8 Å². The number of fused-ring (bicyclic) bond motifs is 1. The number of likely N-dealkylation sites (N-methyl/N-ethyl adjacent to an activating group) is 2. The van der Waals surface area contributed by atoms with Gasteiger partial charge in [-0.2, -0.15) is 5.10 Å². The number of nitrogens with zero attached hydrogens (tertiary/aromatic N) is 4. The highest BCUT2D eigenvalue weighted by Crippen LogP contribution is 2.27. The maximum absolute atomic E-state index is 13.4. The van der Waals surface area contributed by atoms with Crippen LogP contribution in [0.25, 0.3) is 22.3 Å². The fourth-order valence-corrected chi connectivity index (χ4v) is 3.37. The molecule has 0 spiro atoms. The average Bonchev–Trinajstić information content (AvgIpc) is 3.16. The third-order valence-corrected chi connectivity index (χ3v) is 5.01. The van der Waals surface area contributed by atoms with E-state index in [1.165, 1.54) is 0 Å². The second-order valence-electron chi connectivity index (χ2n) is 7.61. The summed E-state index contributed by atoms with van der Waals surface area (Å²) in [7, 11) is 0. The van der Waals surface area contributed by atoms with Crippen molar-refractivity contribution in [2.45, 2.75) is 40.7 Å². The van der Waals surface area contributed by atoms with Crippen LogP contribution >= 0.6 is 0 Å². The Kier molecular flexibility index (Phi) is 6.50. The first kappa shape index (κ1) is 21.5. The lowest BCUT2D eigenvalue weighted by atomic mass is 10.0. The van der Waals surface area contributed by atoms with Crippen LogP contribution in [0.5, 0.6) is 0 Å². The average molecular weight is 408 g/mol. The van der Waals surface area contributed by atoms with E-state index < -0.39 is 0 Å². The molecule has 0 aliphatic heterocycles. The largest absolute Gasteiger partial charge is 0.355 e. The minimum atomic E-state index is -0.201. The lowest BCUT2D eigenvalue weighted by Crippen LogP contribution is -2.40. The maximum atomic E-state index is 13.4. The Balaban J connectivity index is 2.13. The zero-order valence-electron chi connectivity index (χ0n) is 18.3. The summed E-state index contributed by atoms with van der Waals surface area (Å²) >= 11 is 0. The molecule has 2 amide bonds. The summed E-state index contributed by atoms with van der Waals surface area (Å²) in [5, 5.41) is 7.91. The Hall–Kier alpha value is -3.22. The summed E-state index contributed by atoms with van der Waals surface area (Å²) in [5.41, 5.74) is 3.97. The van der Waals surface area contributed by atoms with Crippen LogP contribution in [0, 0.1) is 6.92 Å². The normalized spacial score (nSPS) is 11.1. The predicted molar refractivity (Wildman–Crippen MR) is 118 cm³/mol. The van der Waals surface area contributed by atoms with Crippen molar-refractivity contribution < 1.29 is 9.59 Å². The van der Waals surface area contributed by atoms with Gasteiger partial charge in [-0.05, 0) is 40.7 Å². The van der Waals surface area contributed by atoms with Crippen molar-refractivity contribution in [3.8, 4) is 11.3 Å². The number of benzene rings is 1. The number of rotatable bonds is 7. The number of nitrogens with one attached hydrogen (secondary N) is 1. The molecular formula is C23H29N5O2. The van der Waals surface area contributed by atoms with Gasteiger partial charge in [0.25, 0.3) is 5.91 Å². The Labute approximate surface area is 177 Å². The molecule has 0 atom stereocenters. The van der Waals surface area contributed by atoms with Crippen molar-refractivity contribution in [1.29, 1.82) is 0 Å². The van der Waals surface area contributed by atoms with Gasteiger partial charge in [-0.3, -0.25) is 9.59 Å². The van der Waals surface area contributed by atoms with Crippen LogP contribution in [0.4, 0.5) is 0 Å². The predicted octanol–water partition coefficient (Wildman–Crippen LogP) is 3.59. The summed E-state index contributed by atoms with van der Waals surface area (Å²) in [6.07, 6.45) is 1.69. The van der Waals surface area contributed by atoms with Gasteiger partial charge < -0.3 is 10.2 Å². The Morgan fingerprint density at radius 1 is 1.17 bits per heavy atom. The minimum absolute atomic E-state index is 0.0190. The van der Waals surface area contributed by atoms with Gasteiger partial charge in [0.1, 0.15) is 0 Å². The molecule has 0 radical (unpaired) electrons. The van der Waals surface area contributed by atoms with E-state index in [9.17, 15) is 9.59 Å². The number of hydrogen-bond donors (Lipinski definition) is 1. The Morgan fingerprint density at radius 3 is 2.47 bits per heavy atom. The third-order valence-electron chi connectivity index (χ3n) is 5.01. The second kappa shape index (κ2) is 9.07. The van der Waals surface area contributed by atoms with Crippen LogP contribution in [-0.4, -0.2) is 51.1 Å². The van der Waals surface area contributed by atoms with E-state index >= 15 is 0 Å². The van der Waals surface area contributed by atoms with Gasteiger partial charge in [0.2, 0.25) is 5.91 Å². The highest BCUT2D eigenvalue weighted by molar-refractivity contribution is 6.07. The van der Waals surface area contributed by atoms with Crippen molar-refractivity contribution in [2.75, 3.05) is 19.6 Å². The van der Waals surface area contributed by atoms with E-state index in [0.717, 1.165) is 11.1 Å².